The number of hydrogen-bond donors (Lipinski definition) is 0. The topological polar surface area (TPSA) is 113 Å². The number of hydrogen-bond acceptors (Lipinski definition) is 7. The lowest BCUT2D eigenvalue weighted by Crippen LogP contribution is -2.06. The van der Waals surface area contributed by atoms with Crippen molar-refractivity contribution in [3.63, 3.8) is 0 Å². The van der Waals surface area contributed by atoms with Crippen LogP contribution in [0.15, 0.2) is 72.8 Å². The average molecular weight is 439 g/mol. The SMILES string of the molecule is CCOC(=O)c1cccc(-n2c(-c3ccc([N+](=O)[O-])cc3)nc3nc4ccccc4nc32)c1. The van der Waals surface area contributed by atoms with Gasteiger partial charge in [-0.05, 0) is 49.4 Å². The number of nitro groups is 1. The number of carbonyl (C=O) groups excluding carboxylic acids is 1. The molecule has 2 aromatic heterocycles. The van der Waals surface area contributed by atoms with E-state index in [0.29, 0.717) is 45.0 Å². The first-order valence-corrected chi connectivity index (χ1v) is 10.2. The van der Waals surface area contributed by atoms with Gasteiger partial charge in [-0.2, -0.15) is 0 Å². The van der Waals surface area contributed by atoms with Crippen LogP contribution in [0.3, 0.4) is 0 Å². The third-order valence-corrected chi connectivity index (χ3v) is 5.12. The number of non-ortho nitro benzene ring substituents is 1. The average Bonchev–Trinajstić information content (AvgIpc) is 3.21. The summed E-state index contributed by atoms with van der Waals surface area (Å²) in [4.78, 5) is 37.1. The fourth-order valence-corrected chi connectivity index (χ4v) is 3.61. The number of esters is 1. The minimum Gasteiger partial charge on any atom is -0.462 e. The Morgan fingerprint density at radius 3 is 2.39 bits per heavy atom. The van der Waals surface area contributed by atoms with Crippen molar-refractivity contribution >= 4 is 34.0 Å². The Labute approximate surface area is 187 Å². The Hall–Kier alpha value is -4.66. The molecule has 0 atom stereocenters. The molecule has 0 aliphatic carbocycles. The normalized spacial score (nSPS) is 11.1. The van der Waals surface area contributed by atoms with Gasteiger partial charge in [0.15, 0.2) is 11.3 Å². The Bertz CT molecular complexity index is 1530. The van der Waals surface area contributed by atoms with Gasteiger partial charge in [0, 0.05) is 17.7 Å². The van der Waals surface area contributed by atoms with Crippen LogP contribution >= 0.6 is 0 Å². The van der Waals surface area contributed by atoms with E-state index >= 15 is 0 Å². The fourth-order valence-electron chi connectivity index (χ4n) is 3.61. The van der Waals surface area contributed by atoms with Crippen LogP contribution in [0.1, 0.15) is 17.3 Å². The zero-order valence-corrected chi connectivity index (χ0v) is 17.5. The molecule has 0 unspecified atom stereocenters. The lowest BCUT2D eigenvalue weighted by atomic mass is 10.1. The van der Waals surface area contributed by atoms with Crippen LogP contribution in [0.4, 0.5) is 5.69 Å². The summed E-state index contributed by atoms with van der Waals surface area (Å²) in [7, 11) is 0. The van der Waals surface area contributed by atoms with Crippen LogP contribution in [0, 0.1) is 10.1 Å². The van der Waals surface area contributed by atoms with Crippen molar-refractivity contribution in [2.45, 2.75) is 6.92 Å². The van der Waals surface area contributed by atoms with Gasteiger partial charge in [0.1, 0.15) is 5.82 Å². The van der Waals surface area contributed by atoms with Crippen LogP contribution in [-0.4, -0.2) is 37.0 Å². The summed E-state index contributed by atoms with van der Waals surface area (Å²) in [6.07, 6.45) is 0. The third kappa shape index (κ3) is 3.65. The number of ether oxygens (including phenoxy) is 1. The van der Waals surface area contributed by atoms with Crippen molar-refractivity contribution in [1.29, 1.82) is 0 Å². The number of nitrogens with zero attached hydrogens (tertiary/aromatic N) is 5. The van der Waals surface area contributed by atoms with E-state index in [2.05, 4.69) is 4.98 Å². The summed E-state index contributed by atoms with van der Waals surface area (Å²) < 4.78 is 6.93. The lowest BCUT2D eigenvalue weighted by Gasteiger charge is -2.10. The Balaban J connectivity index is 1.77. The second kappa shape index (κ2) is 8.12. The van der Waals surface area contributed by atoms with E-state index in [1.165, 1.54) is 12.1 Å². The molecule has 0 aliphatic heterocycles. The highest BCUT2D eigenvalue weighted by molar-refractivity contribution is 5.91. The minimum absolute atomic E-state index is 0.0206. The molecule has 0 radical (unpaired) electrons. The molecule has 0 aliphatic rings. The molecule has 0 spiro atoms. The molecule has 0 N–H and O–H groups in total. The van der Waals surface area contributed by atoms with Gasteiger partial charge in [-0.25, -0.2) is 19.7 Å². The lowest BCUT2D eigenvalue weighted by molar-refractivity contribution is -0.384. The second-order valence-electron chi connectivity index (χ2n) is 7.21. The van der Waals surface area contributed by atoms with E-state index < -0.39 is 10.9 Å². The molecule has 2 heterocycles. The molecule has 9 nitrogen and oxygen atoms in total. The van der Waals surface area contributed by atoms with E-state index in [4.69, 9.17) is 14.7 Å². The van der Waals surface area contributed by atoms with Gasteiger partial charge < -0.3 is 4.74 Å². The van der Waals surface area contributed by atoms with Crippen molar-refractivity contribution in [2.24, 2.45) is 0 Å². The molecule has 5 aromatic rings. The molecule has 0 amide bonds. The first-order chi connectivity index (χ1) is 16.0. The number of rotatable bonds is 5. The fraction of sp³-hybridized carbons (Fsp3) is 0.0833. The predicted molar refractivity (Wildman–Crippen MR) is 122 cm³/mol. The van der Waals surface area contributed by atoms with E-state index in [-0.39, 0.29) is 12.3 Å². The first kappa shape index (κ1) is 20.3. The molecule has 0 saturated heterocycles. The monoisotopic (exact) mass is 439 g/mol. The van der Waals surface area contributed by atoms with E-state index in [1.807, 2.05) is 30.3 Å². The Morgan fingerprint density at radius 2 is 1.70 bits per heavy atom. The maximum Gasteiger partial charge on any atom is 0.338 e. The van der Waals surface area contributed by atoms with Crippen LogP contribution in [0.5, 0.6) is 0 Å². The van der Waals surface area contributed by atoms with Crippen LogP contribution < -0.4 is 0 Å². The van der Waals surface area contributed by atoms with Crippen molar-refractivity contribution in [1.82, 2.24) is 19.5 Å². The highest BCUT2D eigenvalue weighted by Gasteiger charge is 2.19. The maximum atomic E-state index is 12.3. The molecule has 3 aromatic carbocycles. The number of imidazole rings is 1. The molecule has 0 fully saturated rings. The first-order valence-electron chi connectivity index (χ1n) is 10.2. The molecule has 9 heteroatoms. The van der Waals surface area contributed by atoms with E-state index in [1.54, 1.807) is 41.8 Å². The van der Waals surface area contributed by atoms with Crippen molar-refractivity contribution < 1.29 is 14.5 Å². The Morgan fingerprint density at radius 1 is 0.970 bits per heavy atom. The number of aromatic nitrogens is 4. The number of para-hydroxylation sites is 2. The van der Waals surface area contributed by atoms with Crippen LogP contribution in [0.2, 0.25) is 0 Å². The maximum absolute atomic E-state index is 12.3. The number of nitro benzene ring substituents is 1. The predicted octanol–water partition coefficient (Wildman–Crippen LogP) is 4.72. The van der Waals surface area contributed by atoms with Gasteiger partial charge in [0.25, 0.3) is 5.69 Å². The highest BCUT2D eigenvalue weighted by atomic mass is 16.6. The van der Waals surface area contributed by atoms with Gasteiger partial charge in [0.05, 0.1) is 33.8 Å². The molecule has 162 valence electrons. The summed E-state index contributed by atoms with van der Waals surface area (Å²) in [5.74, 6) is 0.0633. The molecule has 5 rings (SSSR count). The quantitative estimate of drug-likeness (QED) is 0.221. The van der Waals surface area contributed by atoms with Gasteiger partial charge in [-0.1, -0.05) is 18.2 Å². The third-order valence-electron chi connectivity index (χ3n) is 5.12. The molecule has 33 heavy (non-hydrogen) atoms. The van der Waals surface area contributed by atoms with Crippen LogP contribution in [-0.2, 0) is 4.74 Å². The minimum atomic E-state index is -0.453. The van der Waals surface area contributed by atoms with Crippen molar-refractivity contribution in [3.8, 4) is 17.1 Å². The van der Waals surface area contributed by atoms with Crippen LogP contribution in [0.25, 0.3) is 39.4 Å². The molecule has 0 saturated carbocycles. The summed E-state index contributed by atoms with van der Waals surface area (Å²) in [5.41, 5.74) is 3.97. The van der Waals surface area contributed by atoms with Crippen molar-refractivity contribution in [3.05, 3.63) is 88.5 Å². The summed E-state index contributed by atoms with van der Waals surface area (Å²) in [6, 6.07) is 20.5. The highest BCUT2D eigenvalue weighted by Crippen LogP contribution is 2.29. The van der Waals surface area contributed by atoms with Gasteiger partial charge in [0.2, 0.25) is 0 Å². The number of carbonyl (C=O) groups is 1. The molecular weight excluding hydrogens is 422 g/mol. The zero-order chi connectivity index (χ0) is 22.9. The largest absolute Gasteiger partial charge is 0.462 e. The van der Waals surface area contributed by atoms with Crippen molar-refractivity contribution in [2.75, 3.05) is 6.61 Å². The molecular formula is C24H17N5O4. The number of benzene rings is 3. The second-order valence-corrected chi connectivity index (χ2v) is 7.21. The summed E-state index contributed by atoms with van der Waals surface area (Å²) >= 11 is 0. The molecule has 0 bridgehead atoms. The Kier molecular flexibility index (Phi) is 4.98. The van der Waals surface area contributed by atoms with Gasteiger partial charge in [-0.3, -0.25) is 14.7 Å². The zero-order valence-electron chi connectivity index (χ0n) is 17.5. The smallest absolute Gasteiger partial charge is 0.338 e. The van der Waals surface area contributed by atoms with E-state index in [0.717, 1.165) is 0 Å². The summed E-state index contributed by atoms with van der Waals surface area (Å²) in [5, 5.41) is 11.1. The number of fused-ring (bicyclic) bond motifs is 2. The van der Waals surface area contributed by atoms with Gasteiger partial charge in [-0.15, -0.1) is 0 Å². The van der Waals surface area contributed by atoms with E-state index in [9.17, 15) is 14.9 Å². The standard InChI is InChI=1S/C24H17N5O4/c1-2-33-24(30)16-6-5-7-18(14-16)28-22(15-10-12-17(13-11-15)29(31)32)27-21-23(28)26-20-9-4-3-8-19(20)25-21/h3-14H,2H2,1H3. The van der Waals surface area contributed by atoms with Gasteiger partial charge >= 0.3 is 5.97 Å². The summed E-state index contributed by atoms with van der Waals surface area (Å²) in [6.45, 7) is 2.01.